The summed E-state index contributed by atoms with van der Waals surface area (Å²) in [5, 5.41) is 5.65. The zero-order valence-corrected chi connectivity index (χ0v) is 15.8. The van der Waals surface area contributed by atoms with E-state index in [0.29, 0.717) is 34.4 Å². The number of carbonyl (C=O) groups is 2. The summed E-state index contributed by atoms with van der Waals surface area (Å²) in [7, 11) is 3.07. The molecule has 8 nitrogen and oxygen atoms in total. The molecule has 0 saturated carbocycles. The summed E-state index contributed by atoms with van der Waals surface area (Å²) < 4.78 is 21.8. The highest BCUT2D eigenvalue weighted by atomic mass is 16.7. The van der Waals surface area contributed by atoms with Gasteiger partial charge in [-0.2, -0.15) is 0 Å². The maximum atomic E-state index is 12.4. The Labute approximate surface area is 161 Å². The van der Waals surface area contributed by atoms with Crippen LogP contribution in [0.15, 0.2) is 24.3 Å². The Bertz CT molecular complexity index is 972. The quantitative estimate of drug-likeness (QED) is 0.842. The standard InChI is InChI=1S/C20H20N2O6/c1-10(23)21-15-6-13-12(7-19(24)22-14(13)8-16(15)25-2)11-4-17(26-3)20-18(5-11)27-9-28-20/h4-6,8,12H,7,9H2,1-3H3,(H,21,23)(H,22,24). The minimum atomic E-state index is -0.245. The van der Waals surface area contributed by atoms with Crippen LogP contribution in [-0.2, 0) is 9.59 Å². The maximum absolute atomic E-state index is 12.4. The lowest BCUT2D eigenvalue weighted by Crippen LogP contribution is -2.24. The molecule has 1 atom stereocenters. The Kier molecular flexibility index (Phi) is 4.46. The Morgan fingerprint density at radius 2 is 1.93 bits per heavy atom. The zero-order chi connectivity index (χ0) is 19.8. The fourth-order valence-electron chi connectivity index (χ4n) is 3.59. The number of anilines is 2. The average Bonchev–Trinajstić information content (AvgIpc) is 3.14. The SMILES string of the molecule is COc1cc2c(cc1NC(C)=O)C(c1cc(OC)c3c(c1)OCO3)CC(=O)N2. The van der Waals surface area contributed by atoms with Gasteiger partial charge in [-0.15, -0.1) is 0 Å². The monoisotopic (exact) mass is 384 g/mol. The highest BCUT2D eigenvalue weighted by molar-refractivity contribution is 5.98. The number of fused-ring (bicyclic) bond motifs is 2. The van der Waals surface area contributed by atoms with E-state index in [2.05, 4.69) is 10.6 Å². The molecule has 0 fully saturated rings. The van der Waals surface area contributed by atoms with E-state index in [1.807, 2.05) is 18.2 Å². The van der Waals surface area contributed by atoms with Crippen molar-refractivity contribution >= 4 is 23.2 Å². The lowest BCUT2D eigenvalue weighted by atomic mass is 9.84. The largest absolute Gasteiger partial charge is 0.494 e. The molecule has 146 valence electrons. The summed E-state index contributed by atoms with van der Waals surface area (Å²) in [6.45, 7) is 1.56. The molecule has 2 aromatic carbocycles. The molecule has 28 heavy (non-hydrogen) atoms. The number of rotatable bonds is 4. The number of hydrogen-bond donors (Lipinski definition) is 2. The van der Waals surface area contributed by atoms with Crippen molar-refractivity contribution in [1.29, 1.82) is 0 Å². The van der Waals surface area contributed by atoms with Gasteiger partial charge in [-0.25, -0.2) is 0 Å². The van der Waals surface area contributed by atoms with Crippen LogP contribution in [0.1, 0.15) is 30.4 Å². The molecule has 0 aliphatic carbocycles. The topological polar surface area (TPSA) is 95.1 Å². The van der Waals surface area contributed by atoms with Gasteiger partial charge in [0.2, 0.25) is 24.4 Å². The third-order valence-electron chi connectivity index (χ3n) is 4.80. The number of carbonyl (C=O) groups excluding carboxylic acids is 2. The van der Waals surface area contributed by atoms with Crippen LogP contribution in [0.4, 0.5) is 11.4 Å². The third kappa shape index (κ3) is 3.06. The van der Waals surface area contributed by atoms with Crippen LogP contribution in [0.5, 0.6) is 23.0 Å². The summed E-state index contributed by atoms with van der Waals surface area (Å²) in [5.41, 5.74) is 2.91. The third-order valence-corrected chi connectivity index (χ3v) is 4.80. The van der Waals surface area contributed by atoms with E-state index in [0.717, 1.165) is 11.1 Å². The van der Waals surface area contributed by atoms with Gasteiger partial charge in [0.25, 0.3) is 0 Å². The van der Waals surface area contributed by atoms with Crippen molar-refractivity contribution < 1.29 is 28.5 Å². The number of hydrogen-bond acceptors (Lipinski definition) is 6. The van der Waals surface area contributed by atoms with Crippen LogP contribution in [0.25, 0.3) is 0 Å². The van der Waals surface area contributed by atoms with Crippen molar-refractivity contribution in [1.82, 2.24) is 0 Å². The first-order chi connectivity index (χ1) is 13.5. The second-order valence-electron chi connectivity index (χ2n) is 6.58. The van der Waals surface area contributed by atoms with Crippen molar-refractivity contribution in [3.8, 4) is 23.0 Å². The summed E-state index contributed by atoms with van der Waals surface area (Å²) >= 11 is 0. The van der Waals surface area contributed by atoms with Crippen LogP contribution >= 0.6 is 0 Å². The van der Waals surface area contributed by atoms with E-state index in [1.54, 1.807) is 13.2 Å². The van der Waals surface area contributed by atoms with Gasteiger partial charge in [0.1, 0.15) is 5.75 Å². The number of amides is 2. The van der Waals surface area contributed by atoms with Crippen LogP contribution in [0, 0.1) is 0 Å². The van der Waals surface area contributed by atoms with Gasteiger partial charge in [-0.3, -0.25) is 9.59 Å². The van der Waals surface area contributed by atoms with Crippen LogP contribution in [-0.4, -0.2) is 32.8 Å². The van der Waals surface area contributed by atoms with Gasteiger partial charge in [0, 0.05) is 31.0 Å². The lowest BCUT2D eigenvalue weighted by molar-refractivity contribution is -0.117. The molecule has 2 aliphatic heterocycles. The second kappa shape index (κ2) is 6.95. The van der Waals surface area contributed by atoms with Crippen molar-refractivity contribution in [3.05, 3.63) is 35.4 Å². The molecule has 0 spiro atoms. The van der Waals surface area contributed by atoms with E-state index in [-0.39, 0.29) is 30.9 Å². The number of nitrogens with one attached hydrogen (secondary N) is 2. The molecule has 2 heterocycles. The minimum absolute atomic E-state index is 0.108. The molecule has 4 rings (SSSR count). The van der Waals surface area contributed by atoms with Gasteiger partial charge in [-0.05, 0) is 29.3 Å². The Morgan fingerprint density at radius 1 is 1.14 bits per heavy atom. The molecule has 8 heteroatoms. The first-order valence-corrected chi connectivity index (χ1v) is 8.77. The first-order valence-electron chi connectivity index (χ1n) is 8.77. The van der Waals surface area contributed by atoms with E-state index in [1.165, 1.54) is 14.0 Å². The Hall–Kier alpha value is -3.42. The molecule has 0 aromatic heterocycles. The van der Waals surface area contributed by atoms with Gasteiger partial charge in [-0.1, -0.05) is 0 Å². The summed E-state index contributed by atoms with van der Waals surface area (Å²) in [4.78, 5) is 23.9. The van der Waals surface area contributed by atoms with Gasteiger partial charge >= 0.3 is 0 Å². The Balaban J connectivity index is 1.84. The van der Waals surface area contributed by atoms with Crippen LogP contribution in [0.2, 0.25) is 0 Å². The van der Waals surface area contributed by atoms with E-state index >= 15 is 0 Å². The first kappa shape index (κ1) is 18.0. The fourth-order valence-corrected chi connectivity index (χ4v) is 3.59. The molecule has 2 amide bonds. The predicted molar refractivity (Wildman–Crippen MR) is 102 cm³/mol. The van der Waals surface area contributed by atoms with Gasteiger partial charge in [0.05, 0.1) is 19.9 Å². The molecule has 0 saturated heterocycles. The second-order valence-corrected chi connectivity index (χ2v) is 6.58. The van der Waals surface area contributed by atoms with Crippen molar-refractivity contribution in [2.75, 3.05) is 31.6 Å². The molecule has 1 unspecified atom stereocenters. The fraction of sp³-hybridized carbons (Fsp3) is 0.300. The van der Waals surface area contributed by atoms with Crippen molar-refractivity contribution in [2.45, 2.75) is 19.3 Å². The highest BCUT2D eigenvalue weighted by Gasteiger charge is 2.31. The highest BCUT2D eigenvalue weighted by Crippen LogP contribution is 2.47. The van der Waals surface area contributed by atoms with E-state index in [9.17, 15) is 9.59 Å². The van der Waals surface area contributed by atoms with E-state index in [4.69, 9.17) is 18.9 Å². The van der Waals surface area contributed by atoms with Crippen molar-refractivity contribution in [2.24, 2.45) is 0 Å². The van der Waals surface area contributed by atoms with E-state index < -0.39 is 0 Å². The van der Waals surface area contributed by atoms with Gasteiger partial charge in [0.15, 0.2) is 11.5 Å². The molecular formula is C20H20N2O6. The molecule has 0 bridgehead atoms. The number of ether oxygens (including phenoxy) is 4. The smallest absolute Gasteiger partial charge is 0.231 e. The predicted octanol–water partition coefficient (Wildman–Crippen LogP) is 2.87. The normalized spacial score (nSPS) is 16.8. The molecule has 2 N–H and O–H groups in total. The summed E-state index contributed by atoms with van der Waals surface area (Å²) in [6.07, 6.45) is 0.252. The lowest BCUT2D eigenvalue weighted by Gasteiger charge is -2.28. The average molecular weight is 384 g/mol. The maximum Gasteiger partial charge on any atom is 0.231 e. The summed E-state index contributed by atoms with van der Waals surface area (Å²) in [5.74, 6) is 1.59. The van der Waals surface area contributed by atoms with Gasteiger partial charge < -0.3 is 29.6 Å². The minimum Gasteiger partial charge on any atom is -0.494 e. The van der Waals surface area contributed by atoms with Crippen LogP contribution in [0.3, 0.4) is 0 Å². The van der Waals surface area contributed by atoms with Crippen molar-refractivity contribution in [3.63, 3.8) is 0 Å². The number of methoxy groups -OCH3 is 2. The Morgan fingerprint density at radius 3 is 2.64 bits per heavy atom. The van der Waals surface area contributed by atoms with Crippen LogP contribution < -0.4 is 29.6 Å². The molecular weight excluding hydrogens is 364 g/mol. The summed E-state index contributed by atoms with van der Waals surface area (Å²) in [6, 6.07) is 7.26. The molecule has 2 aromatic rings. The number of benzene rings is 2. The zero-order valence-electron chi connectivity index (χ0n) is 15.8. The molecule has 2 aliphatic rings. The molecule has 0 radical (unpaired) electrons.